The smallest absolute Gasteiger partial charge is 0.254 e. The van der Waals surface area contributed by atoms with Crippen molar-refractivity contribution < 1.29 is 9.59 Å². The fourth-order valence-electron chi connectivity index (χ4n) is 2.72. The Morgan fingerprint density at radius 1 is 1.27 bits per heavy atom. The van der Waals surface area contributed by atoms with Crippen LogP contribution in [-0.4, -0.2) is 36.3 Å². The molecule has 0 saturated carbocycles. The topological polar surface area (TPSA) is 85.2 Å². The lowest BCUT2D eigenvalue weighted by Crippen LogP contribution is -2.49. The first-order chi connectivity index (χ1) is 12.6. The van der Waals surface area contributed by atoms with E-state index < -0.39 is 0 Å². The second kappa shape index (κ2) is 7.89. The van der Waals surface area contributed by atoms with E-state index >= 15 is 0 Å². The fourth-order valence-corrected chi connectivity index (χ4v) is 2.89. The molecule has 0 aliphatic carbocycles. The standard InChI is InChI=1S/C19H17ClN4O2/c20-16-5-6-17(15(9-16)10-21)23-11-13-1-3-14(4-2-13)19(26)24-8-7-22-18(25)12-24/h1-6,9,23H,7-8,11-12H2,(H,22,25). The van der Waals surface area contributed by atoms with Crippen LogP contribution in [0, 0.1) is 11.3 Å². The Bertz CT molecular complexity index is 874. The van der Waals surface area contributed by atoms with Crippen molar-refractivity contribution in [3.63, 3.8) is 0 Å². The van der Waals surface area contributed by atoms with Gasteiger partial charge in [-0.1, -0.05) is 23.7 Å². The van der Waals surface area contributed by atoms with Gasteiger partial charge in [-0.05, 0) is 35.9 Å². The largest absolute Gasteiger partial charge is 0.380 e. The zero-order chi connectivity index (χ0) is 18.5. The third kappa shape index (κ3) is 4.13. The van der Waals surface area contributed by atoms with Gasteiger partial charge in [0.25, 0.3) is 5.91 Å². The number of carbonyl (C=O) groups excluding carboxylic acids is 2. The molecule has 1 fully saturated rings. The van der Waals surface area contributed by atoms with E-state index in [2.05, 4.69) is 16.7 Å². The van der Waals surface area contributed by atoms with Crippen molar-refractivity contribution in [3.8, 4) is 6.07 Å². The van der Waals surface area contributed by atoms with E-state index in [0.29, 0.717) is 41.5 Å². The average molecular weight is 369 g/mol. The van der Waals surface area contributed by atoms with E-state index in [0.717, 1.165) is 5.56 Å². The highest BCUT2D eigenvalue weighted by molar-refractivity contribution is 6.30. The van der Waals surface area contributed by atoms with Crippen LogP contribution in [0.25, 0.3) is 0 Å². The van der Waals surface area contributed by atoms with Crippen molar-refractivity contribution in [2.45, 2.75) is 6.54 Å². The summed E-state index contributed by atoms with van der Waals surface area (Å²) >= 11 is 5.89. The van der Waals surface area contributed by atoms with E-state index in [1.807, 2.05) is 12.1 Å². The maximum Gasteiger partial charge on any atom is 0.254 e. The predicted octanol–water partition coefficient (Wildman–Crippen LogP) is 2.40. The van der Waals surface area contributed by atoms with Crippen molar-refractivity contribution >= 4 is 29.1 Å². The number of hydrogen-bond acceptors (Lipinski definition) is 4. The highest BCUT2D eigenvalue weighted by Crippen LogP contribution is 2.20. The maximum atomic E-state index is 12.4. The molecule has 1 aliphatic heterocycles. The molecule has 0 radical (unpaired) electrons. The number of hydrogen-bond donors (Lipinski definition) is 2. The molecule has 6 nitrogen and oxygen atoms in total. The zero-order valence-electron chi connectivity index (χ0n) is 14.0. The molecule has 3 rings (SSSR count). The lowest BCUT2D eigenvalue weighted by molar-refractivity contribution is -0.123. The van der Waals surface area contributed by atoms with Gasteiger partial charge in [-0.3, -0.25) is 9.59 Å². The monoisotopic (exact) mass is 368 g/mol. The van der Waals surface area contributed by atoms with Crippen LogP contribution < -0.4 is 10.6 Å². The summed E-state index contributed by atoms with van der Waals surface area (Å²) in [5.41, 5.74) is 2.70. The highest BCUT2D eigenvalue weighted by atomic mass is 35.5. The van der Waals surface area contributed by atoms with Crippen LogP contribution in [0.3, 0.4) is 0 Å². The van der Waals surface area contributed by atoms with Crippen molar-refractivity contribution in [3.05, 3.63) is 64.2 Å². The van der Waals surface area contributed by atoms with E-state index in [1.165, 1.54) is 0 Å². The van der Waals surface area contributed by atoms with Gasteiger partial charge in [-0.25, -0.2) is 0 Å². The second-order valence-electron chi connectivity index (χ2n) is 5.93. The van der Waals surface area contributed by atoms with E-state index in [1.54, 1.807) is 35.2 Å². The minimum Gasteiger partial charge on any atom is -0.380 e. The Morgan fingerprint density at radius 3 is 2.73 bits per heavy atom. The molecule has 0 aromatic heterocycles. The normalized spacial score (nSPS) is 13.7. The molecule has 0 bridgehead atoms. The van der Waals surface area contributed by atoms with E-state index in [-0.39, 0.29) is 18.4 Å². The Balaban J connectivity index is 1.64. The van der Waals surface area contributed by atoms with Gasteiger partial charge in [0.05, 0.1) is 17.8 Å². The molecule has 2 aromatic carbocycles. The lowest BCUT2D eigenvalue weighted by Gasteiger charge is -2.26. The first kappa shape index (κ1) is 17.8. The van der Waals surface area contributed by atoms with Gasteiger partial charge in [0.1, 0.15) is 6.07 Å². The SMILES string of the molecule is N#Cc1cc(Cl)ccc1NCc1ccc(C(=O)N2CCNC(=O)C2)cc1. The first-order valence-electron chi connectivity index (χ1n) is 8.15. The Hall–Kier alpha value is -3.04. The van der Waals surface area contributed by atoms with Crippen LogP contribution >= 0.6 is 11.6 Å². The van der Waals surface area contributed by atoms with Crippen molar-refractivity contribution in [1.82, 2.24) is 10.2 Å². The summed E-state index contributed by atoms with van der Waals surface area (Å²) in [4.78, 5) is 25.4. The number of rotatable bonds is 4. The summed E-state index contributed by atoms with van der Waals surface area (Å²) in [6.45, 7) is 1.60. The van der Waals surface area contributed by atoms with Crippen LogP contribution in [-0.2, 0) is 11.3 Å². The van der Waals surface area contributed by atoms with E-state index in [9.17, 15) is 9.59 Å². The molecule has 1 aliphatic rings. The van der Waals surface area contributed by atoms with Crippen molar-refractivity contribution in [2.75, 3.05) is 25.0 Å². The lowest BCUT2D eigenvalue weighted by atomic mass is 10.1. The second-order valence-corrected chi connectivity index (χ2v) is 6.37. The molecule has 132 valence electrons. The summed E-state index contributed by atoms with van der Waals surface area (Å²) < 4.78 is 0. The summed E-state index contributed by atoms with van der Waals surface area (Å²) in [7, 11) is 0. The summed E-state index contributed by atoms with van der Waals surface area (Å²) in [5.74, 6) is -0.287. The first-order valence-corrected chi connectivity index (χ1v) is 8.53. The molecule has 0 unspecified atom stereocenters. The van der Waals surface area contributed by atoms with Crippen LogP contribution in [0.4, 0.5) is 5.69 Å². The number of anilines is 1. The van der Waals surface area contributed by atoms with Gasteiger partial charge in [0, 0.05) is 30.2 Å². The average Bonchev–Trinajstić information content (AvgIpc) is 2.66. The van der Waals surface area contributed by atoms with Crippen molar-refractivity contribution in [2.24, 2.45) is 0 Å². The molecule has 2 amide bonds. The molecule has 1 saturated heterocycles. The predicted molar refractivity (Wildman–Crippen MR) is 98.8 cm³/mol. The number of nitrogens with one attached hydrogen (secondary N) is 2. The number of benzene rings is 2. The number of carbonyl (C=O) groups is 2. The highest BCUT2D eigenvalue weighted by Gasteiger charge is 2.22. The van der Waals surface area contributed by atoms with Crippen LogP contribution in [0.1, 0.15) is 21.5 Å². The van der Waals surface area contributed by atoms with Crippen molar-refractivity contribution in [1.29, 1.82) is 5.26 Å². The minimum atomic E-state index is -0.149. The number of amides is 2. The zero-order valence-corrected chi connectivity index (χ0v) is 14.7. The van der Waals surface area contributed by atoms with Gasteiger partial charge >= 0.3 is 0 Å². The molecule has 0 spiro atoms. The number of halogens is 1. The molecule has 26 heavy (non-hydrogen) atoms. The van der Waals surface area contributed by atoms with E-state index in [4.69, 9.17) is 16.9 Å². The van der Waals surface area contributed by atoms with Crippen LogP contribution in [0.5, 0.6) is 0 Å². The van der Waals surface area contributed by atoms with Crippen LogP contribution in [0.2, 0.25) is 5.02 Å². The van der Waals surface area contributed by atoms with Crippen LogP contribution in [0.15, 0.2) is 42.5 Å². The Labute approximate surface area is 156 Å². The molecular weight excluding hydrogens is 352 g/mol. The molecule has 7 heteroatoms. The third-order valence-electron chi connectivity index (χ3n) is 4.11. The number of nitrogens with zero attached hydrogens (tertiary/aromatic N) is 2. The Morgan fingerprint density at radius 2 is 2.04 bits per heavy atom. The van der Waals surface area contributed by atoms with Gasteiger partial charge in [0.2, 0.25) is 5.91 Å². The van der Waals surface area contributed by atoms with Gasteiger partial charge in [-0.2, -0.15) is 5.26 Å². The molecule has 1 heterocycles. The van der Waals surface area contributed by atoms with Gasteiger partial charge < -0.3 is 15.5 Å². The quantitative estimate of drug-likeness (QED) is 0.867. The number of nitriles is 1. The summed E-state index contributed by atoms with van der Waals surface area (Å²) in [6, 6.07) is 14.4. The van der Waals surface area contributed by atoms with Gasteiger partial charge in [-0.15, -0.1) is 0 Å². The number of piperazine rings is 1. The summed E-state index contributed by atoms with van der Waals surface area (Å²) in [6.07, 6.45) is 0. The molecular formula is C19H17ClN4O2. The Kier molecular flexibility index (Phi) is 5.40. The summed E-state index contributed by atoms with van der Waals surface area (Å²) in [5, 5.41) is 15.6. The fraction of sp³-hybridized carbons (Fsp3) is 0.211. The molecule has 2 aromatic rings. The van der Waals surface area contributed by atoms with Gasteiger partial charge in [0.15, 0.2) is 0 Å². The minimum absolute atomic E-state index is 0.0929. The third-order valence-corrected chi connectivity index (χ3v) is 4.35. The molecule has 0 atom stereocenters. The maximum absolute atomic E-state index is 12.4. The molecule has 2 N–H and O–H groups in total.